The normalized spacial score (nSPS) is 12.9. The highest BCUT2D eigenvalue weighted by molar-refractivity contribution is 8.00. The molecule has 3 heteroatoms. The second-order valence-electron chi connectivity index (χ2n) is 9.53. The Hall–Kier alpha value is -2.13. The number of aromatic nitrogens is 1. The van der Waals surface area contributed by atoms with E-state index in [1.807, 2.05) is 11.8 Å². The standard InChI is InChI=1S/C27H34N2S/c1-17(2)21-12-10-13-22(18(3)4)26(21)28-19(5)23-16-15-20-11-9-14-24(25(20)29-23)30-27(6,7)8/h9-18H,1-8H3. The molecule has 0 atom stereocenters. The van der Waals surface area contributed by atoms with Crippen LogP contribution in [0.15, 0.2) is 58.4 Å². The molecule has 0 radical (unpaired) electrons. The summed E-state index contributed by atoms with van der Waals surface area (Å²) in [6, 6.07) is 17.3. The average molecular weight is 419 g/mol. The molecule has 2 aromatic carbocycles. The van der Waals surface area contributed by atoms with Crippen LogP contribution in [0.3, 0.4) is 0 Å². The van der Waals surface area contributed by atoms with E-state index in [1.54, 1.807) is 0 Å². The maximum Gasteiger partial charge on any atom is 0.0850 e. The van der Waals surface area contributed by atoms with Crippen molar-refractivity contribution in [3.8, 4) is 0 Å². The summed E-state index contributed by atoms with van der Waals surface area (Å²) in [5.74, 6) is 0.851. The molecule has 2 nitrogen and oxygen atoms in total. The highest BCUT2D eigenvalue weighted by Gasteiger charge is 2.17. The molecule has 0 saturated heterocycles. The van der Waals surface area contributed by atoms with Crippen LogP contribution in [-0.2, 0) is 0 Å². The first-order valence-electron chi connectivity index (χ1n) is 10.8. The van der Waals surface area contributed by atoms with E-state index in [1.165, 1.54) is 21.4 Å². The van der Waals surface area contributed by atoms with Crippen LogP contribution in [0, 0.1) is 0 Å². The van der Waals surface area contributed by atoms with E-state index in [0.29, 0.717) is 11.8 Å². The summed E-state index contributed by atoms with van der Waals surface area (Å²) in [6.45, 7) is 17.7. The van der Waals surface area contributed by atoms with Gasteiger partial charge in [0.1, 0.15) is 0 Å². The zero-order valence-corrected chi connectivity index (χ0v) is 20.4. The molecule has 3 rings (SSSR count). The quantitative estimate of drug-likeness (QED) is 0.306. The number of nitrogens with zero attached hydrogens (tertiary/aromatic N) is 2. The Labute approximate surface area is 186 Å². The Morgan fingerprint density at radius 3 is 2.03 bits per heavy atom. The molecule has 0 aliphatic carbocycles. The predicted octanol–water partition coefficient (Wildman–Crippen LogP) is 8.51. The molecule has 0 aliphatic heterocycles. The molecule has 0 N–H and O–H groups in total. The Kier molecular flexibility index (Phi) is 6.71. The molecule has 3 aromatic rings. The lowest BCUT2D eigenvalue weighted by atomic mass is 9.93. The van der Waals surface area contributed by atoms with E-state index < -0.39 is 0 Å². The molecule has 158 valence electrons. The molecule has 0 bridgehead atoms. The molecule has 0 fully saturated rings. The maximum absolute atomic E-state index is 5.13. The minimum atomic E-state index is 0.136. The average Bonchev–Trinajstić information content (AvgIpc) is 2.66. The topological polar surface area (TPSA) is 25.2 Å². The lowest BCUT2D eigenvalue weighted by Gasteiger charge is -2.19. The fourth-order valence-electron chi connectivity index (χ4n) is 3.60. The van der Waals surface area contributed by atoms with Gasteiger partial charge >= 0.3 is 0 Å². The van der Waals surface area contributed by atoms with Crippen molar-refractivity contribution in [2.75, 3.05) is 0 Å². The maximum atomic E-state index is 5.13. The van der Waals surface area contributed by atoms with Crippen molar-refractivity contribution in [3.63, 3.8) is 0 Å². The monoisotopic (exact) mass is 418 g/mol. The van der Waals surface area contributed by atoms with E-state index in [9.17, 15) is 0 Å². The summed E-state index contributed by atoms with van der Waals surface area (Å²) in [6.07, 6.45) is 0. The minimum absolute atomic E-state index is 0.136. The van der Waals surface area contributed by atoms with Crippen LogP contribution in [-0.4, -0.2) is 15.4 Å². The summed E-state index contributed by atoms with van der Waals surface area (Å²) in [7, 11) is 0. The summed E-state index contributed by atoms with van der Waals surface area (Å²) < 4.78 is 0.136. The Bertz CT molecular complexity index is 1050. The molecule has 1 aromatic heterocycles. The van der Waals surface area contributed by atoms with Crippen LogP contribution < -0.4 is 0 Å². The largest absolute Gasteiger partial charge is 0.251 e. The van der Waals surface area contributed by atoms with E-state index in [4.69, 9.17) is 9.98 Å². The van der Waals surface area contributed by atoms with Crippen LogP contribution >= 0.6 is 11.8 Å². The van der Waals surface area contributed by atoms with Gasteiger partial charge in [-0.25, -0.2) is 4.98 Å². The number of aliphatic imine (C=N–C) groups is 1. The fraction of sp³-hybridized carbons (Fsp3) is 0.407. The fourth-order valence-corrected chi connectivity index (χ4v) is 4.67. The van der Waals surface area contributed by atoms with Gasteiger partial charge in [-0.2, -0.15) is 0 Å². The second kappa shape index (κ2) is 8.93. The van der Waals surface area contributed by atoms with Crippen LogP contribution in [0.1, 0.15) is 84.0 Å². The van der Waals surface area contributed by atoms with Crippen molar-refractivity contribution in [1.29, 1.82) is 0 Å². The van der Waals surface area contributed by atoms with Gasteiger partial charge in [-0.3, -0.25) is 4.99 Å². The number of pyridine rings is 1. The molecule has 0 saturated carbocycles. The number of rotatable bonds is 5. The molecule has 30 heavy (non-hydrogen) atoms. The van der Waals surface area contributed by atoms with Crippen LogP contribution in [0.5, 0.6) is 0 Å². The lowest BCUT2D eigenvalue weighted by Crippen LogP contribution is -2.07. The smallest absolute Gasteiger partial charge is 0.0850 e. The molecular weight excluding hydrogens is 384 g/mol. The zero-order chi connectivity index (χ0) is 22.1. The number of thioether (sulfide) groups is 1. The van der Waals surface area contributed by atoms with Crippen molar-refractivity contribution in [2.24, 2.45) is 4.99 Å². The molecule has 1 heterocycles. The van der Waals surface area contributed by atoms with Gasteiger partial charge in [-0.05, 0) is 42.0 Å². The third-order valence-corrected chi connectivity index (χ3v) is 6.25. The Balaban J connectivity index is 2.13. The van der Waals surface area contributed by atoms with Crippen molar-refractivity contribution >= 4 is 34.1 Å². The van der Waals surface area contributed by atoms with Gasteiger partial charge in [0.25, 0.3) is 0 Å². The third kappa shape index (κ3) is 5.13. The van der Waals surface area contributed by atoms with Gasteiger partial charge in [0.2, 0.25) is 0 Å². The second-order valence-corrected chi connectivity index (χ2v) is 11.4. The molecular formula is C27H34N2S. The van der Waals surface area contributed by atoms with Crippen molar-refractivity contribution in [2.45, 2.75) is 76.9 Å². The van der Waals surface area contributed by atoms with Gasteiger partial charge in [-0.1, -0.05) is 84.9 Å². The van der Waals surface area contributed by atoms with E-state index >= 15 is 0 Å². The predicted molar refractivity (Wildman–Crippen MR) is 134 cm³/mol. The number of fused-ring (bicyclic) bond motifs is 1. The summed E-state index contributed by atoms with van der Waals surface area (Å²) in [5.41, 5.74) is 6.67. The van der Waals surface area contributed by atoms with E-state index in [0.717, 1.165) is 22.6 Å². The number of hydrogen-bond acceptors (Lipinski definition) is 3. The van der Waals surface area contributed by atoms with Gasteiger partial charge < -0.3 is 0 Å². The third-order valence-electron chi connectivity index (χ3n) is 5.09. The zero-order valence-electron chi connectivity index (χ0n) is 19.6. The Morgan fingerprint density at radius 2 is 1.47 bits per heavy atom. The number of para-hydroxylation sites is 2. The lowest BCUT2D eigenvalue weighted by molar-refractivity contribution is 0.803. The van der Waals surface area contributed by atoms with Gasteiger partial charge in [0, 0.05) is 15.0 Å². The van der Waals surface area contributed by atoms with Crippen LogP contribution in [0.25, 0.3) is 10.9 Å². The molecule has 0 unspecified atom stereocenters. The SMILES string of the molecule is CC(=Nc1c(C(C)C)cccc1C(C)C)c1ccc2cccc(SC(C)(C)C)c2n1. The van der Waals surface area contributed by atoms with Crippen molar-refractivity contribution < 1.29 is 0 Å². The molecule has 0 spiro atoms. The molecule has 0 aliphatic rings. The highest BCUT2D eigenvalue weighted by atomic mass is 32.2. The summed E-state index contributed by atoms with van der Waals surface area (Å²) in [5, 5.41) is 1.17. The van der Waals surface area contributed by atoms with E-state index in [-0.39, 0.29) is 4.75 Å². The summed E-state index contributed by atoms with van der Waals surface area (Å²) >= 11 is 1.86. The first-order valence-corrected chi connectivity index (χ1v) is 11.7. The van der Waals surface area contributed by atoms with Crippen molar-refractivity contribution in [3.05, 3.63) is 65.4 Å². The first kappa shape index (κ1) is 22.6. The van der Waals surface area contributed by atoms with Crippen LogP contribution in [0.2, 0.25) is 0 Å². The minimum Gasteiger partial charge on any atom is -0.251 e. The molecule has 0 amide bonds. The highest BCUT2D eigenvalue weighted by Crippen LogP contribution is 2.37. The van der Waals surface area contributed by atoms with Gasteiger partial charge in [0.15, 0.2) is 0 Å². The van der Waals surface area contributed by atoms with Crippen molar-refractivity contribution in [1.82, 2.24) is 4.98 Å². The number of hydrogen-bond donors (Lipinski definition) is 0. The van der Waals surface area contributed by atoms with Gasteiger partial charge in [-0.15, -0.1) is 11.8 Å². The summed E-state index contributed by atoms with van der Waals surface area (Å²) in [4.78, 5) is 11.4. The van der Waals surface area contributed by atoms with E-state index in [2.05, 4.69) is 104 Å². The van der Waals surface area contributed by atoms with Gasteiger partial charge in [0.05, 0.1) is 22.6 Å². The number of benzene rings is 2. The van der Waals surface area contributed by atoms with Crippen LogP contribution in [0.4, 0.5) is 5.69 Å². The first-order chi connectivity index (χ1) is 14.1. The Morgan fingerprint density at radius 1 is 0.867 bits per heavy atom.